The zero-order valence-electron chi connectivity index (χ0n) is 12.5. The topological polar surface area (TPSA) is 65.2 Å². The summed E-state index contributed by atoms with van der Waals surface area (Å²) < 4.78 is 0. The van der Waals surface area contributed by atoms with Crippen LogP contribution in [0, 0.1) is 5.92 Å². The Bertz CT molecular complexity index is 615. The van der Waals surface area contributed by atoms with Crippen molar-refractivity contribution in [1.82, 2.24) is 9.88 Å². The maximum Gasteiger partial charge on any atom is 0.224 e. The van der Waals surface area contributed by atoms with Crippen molar-refractivity contribution in [1.29, 1.82) is 0 Å². The Kier molecular flexibility index (Phi) is 3.58. The molecule has 2 aliphatic heterocycles. The van der Waals surface area contributed by atoms with E-state index in [4.69, 9.17) is 4.99 Å². The number of guanidine groups is 1. The molecule has 6 heteroatoms. The molecule has 1 fully saturated rings. The molecule has 0 saturated heterocycles. The summed E-state index contributed by atoms with van der Waals surface area (Å²) in [5.41, 5.74) is 0.966. The molecule has 1 aliphatic carbocycles. The fourth-order valence-corrected chi connectivity index (χ4v) is 3.34. The lowest BCUT2D eigenvalue weighted by atomic mass is 10.0. The van der Waals surface area contributed by atoms with Crippen LogP contribution < -0.4 is 5.32 Å². The SMILES string of the molecule is C1=NCC2CN=C(Nc3ccncc3)N=C2N1C1CCCC1. The van der Waals surface area contributed by atoms with Crippen molar-refractivity contribution in [3.05, 3.63) is 24.5 Å². The van der Waals surface area contributed by atoms with E-state index in [1.807, 2.05) is 18.5 Å². The van der Waals surface area contributed by atoms with Crippen molar-refractivity contribution in [3.8, 4) is 0 Å². The lowest BCUT2D eigenvalue weighted by Gasteiger charge is -2.35. The molecule has 3 aliphatic rings. The molecule has 1 N–H and O–H groups in total. The summed E-state index contributed by atoms with van der Waals surface area (Å²) in [5, 5.41) is 3.28. The fraction of sp³-hybridized carbons (Fsp3) is 0.500. The van der Waals surface area contributed by atoms with E-state index in [1.165, 1.54) is 25.7 Å². The Labute approximate surface area is 130 Å². The van der Waals surface area contributed by atoms with Gasteiger partial charge in [0, 0.05) is 24.1 Å². The van der Waals surface area contributed by atoms with E-state index >= 15 is 0 Å². The van der Waals surface area contributed by atoms with Crippen LogP contribution in [0.1, 0.15) is 25.7 Å². The predicted molar refractivity (Wildman–Crippen MR) is 88.5 cm³/mol. The van der Waals surface area contributed by atoms with Crippen molar-refractivity contribution < 1.29 is 0 Å². The molecule has 22 heavy (non-hydrogen) atoms. The molecule has 0 spiro atoms. The van der Waals surface area contributed by atoms with E-state index in [0.29, 0.717) is 17.9 Å². The second kappa shape index (κ2) is 5.87. The molecule has 0 aromatic carbocycles. The van der Waals surface area contributed by atoms with Gasteiger partial charge in [0.2, 0.25) is 5.96 Å². The maximum atomic E-state index is 4.79. The predicted octanol–water partition coefficient (Wildman–Crippen LogP) is 2.16. The number of nitrogens with zero attached hydrogens (tertiary/aromatic N) is 5. The number of aliphatic imine (C=N–C) groups is 3. The monoisotopic (exact) mass is 296 g/mol. The van der Waals surface area contributed by atoms with Gasteiger partial charge in [-0.1, -0.05) is 12.8 Å². The molecule has 0 amide bonds. The minimum absolute atomic E-state index is 0.327. The molecule has 6 nitrogen and oxygen atoms in total. The van der Waals surface area contributed by atoms with Crippen molar-refractivity contribution in [2.75, 3.05) is 18.4 Å². The summed E-state index contributed by atoms with van der Waals surface area (Å²) >= 11 is 0. The molecule has 3 heterocycles. The highest BCUT2D eigenvalue weighted by Crippen LogP contribution is 2.27. The molecule has 1 aromatic rings. The zero-order chi connectivity index (χ0) is 14.8. The third-order valence-corrected chi connectivity index (χ3v) is 4.50. The van der Waals surface area contributed by atoms with E-state index in [9.17, 15) is 0 Å². The van der Waals surface area contributed by atoms with Gasteiger partial charge in [-0.2, -0.15) is 4.99 Å². The van der Waals surface area contributed by atoms with E-state index in [2.05, 4.69) is 25.2 Å². The number of aromatic nitrogens is 1. The highest BCUT2D eigenvalue weighted by Gasteiger charge is 2.33. The van der Waals surface area contributed by atoms with Crippen LogP contribution >= 0.6 is 0 Å². The summed E-state index contributed by atoms with van der Waals surface area (Å²) in [6, 6.07) is 4.41. The van der Waals surface area contributed by atoms with Gasteiger partial charge in [0.1, 0.15) is 5.84 Å². The van der Waals surface area contributed by atoms with Crippen LogP contribution in [0.25, 0.3) is 0 Å². The van der Waals surface area contributed by atoms with Gasteiger partial charge in [0.05, 0.1) is 25.3 Å². The summed E-state index contributed by atoms with van der Waals surface area (Å²) in [5.74, 6) is 2.15. The minimum Gasteiger partial charge on any atom is -0.324 e. The number of anilines is 1. The molecule has 114 valence electrons. The summed E-state index contributed by atoms with van der Waals surface area (Å²) in [6.07, 6.45) is 10.6. The van der Waals surface area contributed by atoms with Crippen molar-refractivity contribution in [3.63, 3.8) is 0 Å². The van der Waals surface area contributed by atoms with Gasteiger partial charge in [0.15, 0.2) is 0 Å². The van der Waals surface area contributed by atoms with Gasteiger partial charge < -0.3 is 10.2 Å². The van der Waals surface area contributed by atoms with Crippen LogP contribution in [-0.4, -0.2) is 47.1 Å². The summed E-state index contributed by atoms with van der Waals surface area (Å²) in [7, 11) is 0. The molecule has 0 bridgehead atoms. The number of rotatable bonds is 2. The van der Waals surface area contributed by atoms with E-state index in [0.717, 1.165) is 24.6 Å². The molecular formula is C16H20N6. The first-order chi connectivity index (χ1) is 10.9. The molecule has 1 saturated carbocycles. The van der Waals surface area contributed by atoms with Crippen LogP contribution in [0.3, 0.4) is 0 Å². The van der Waals surface area contributed by atoms with Gasteiger partial charge >= 0.3 is 0 Å². The Balaban J connectivity index is 1.56. The van der Waals surface area contributed by atoms with E-state index in [-0.39, 0.29) is 0 Å². The van der Waals surface area contributed by atoms with Crippen LogP contribution in [0.2, 0.25) is 0 Å². The van der Waals surface area contributed by atoms with Gasteiger partial charge in [-0.3, -0.25) is 15.0 Å². The summed E-state index contributed by atoms with van der Waals surface area (Å²) in [6.45, 7) is 1.56. The van der Waals surface area contributed by atoms with Gasteiger partial charge in [-0.15, -0.1) is 0 Å². The Morgan fingerprint density at radius 3 is 2.73 bits per heavy atom. The lowest BCUT2D eigenvalue weighted by molar-refractivity contribution is 0.414. The number of nitrogens with one attached hydrogen (secondary N) is 1. The van der Waals surface area contributed by atoms with Crippen molar-refractivity contribution >= 4 is 23.8 Å². The Hall–Kier alpha value is -2.24. The lowest BCUT2D eigenvalue weighted by Crippen LogP contribution is -2.48. The zero-order valence-corrected chi connectivity index (χ0v) is 12.5. The normalized spacial score (nSPS) is 24.7. The number of fused-ring (bicyclic) bond motifs is 1. The molecule has 1 aromatic heterocycles. The van der Waals surface area contributed by atoms with Crippen molar-refractivity contribution in [2.24, 2.45) is 20.9 Å². The quantitative estimate of drug-likeness (QED) is 0.909. The number of amidine groups is 1. The van der Waals surface area contributed by atoms with Crippen LogP contribution in [0.5, 0.6) is 0 Å². The van der Waals surface area contributed by atoms with Crippen molar-refractivity contribution in [2.45, 2.75) is 31.7 Å². The van der Waals surface area contributed by atoms with Gasteiger partial charge in [0.25, 0.3) is 0 Å². The average molecular weight is 296 g/mol. The third kappa shape index (κ3) is 2.61. The highest BCUT2D eigenvalue weighted by atomic mass is 15.3. The third-order valence-electron chi connectivity index (χ3n) is 4.50. The van der Waals surface area contributed by atoms with Gasteiger partial charge in [-0.25, -0.2) is 0 Å². The van der Waals surface area contributed by atoms with E-state index in [1.54, 1.807) is 12.4 Å². The first kappa shape index (κ1) is 13.4. The summed E-state index contributed by atoms with van der Waals surface area (Å²) in [4.78, 5) is 20.2. The molecule has 1 atom stereocenters. The second-order valence-corrected chi connectivity index (χ2v) is 6.02. The number of pyridine rings is 1. The van der Waals surface area contributed by atoms with Crippen LogP contribution in [0.15, 0.2) is 39.5 Å². The van der Waals surface area contributed by atoms with Gasteiger partial charge in [-0.05, 0) is 25.0 Å². The molecule has 4 rings (SSSR count). The van der Waals surface area contributed by atoms with Crippen LogP contribution in [-0.2, 0) is 0 Å². The number of hydrogen-bond acceptors (Lipinski definition) is 6. The first-order valence-electron chi connectivity index (χ1n) is 7.98. The van der Waals surface area contributed by atoms with Crippen LogP contribution in [0.4, 0.5) is 5.69 Å². The Morgan fingerprint density at radius 1 is 1.09 bits per heavy atom. The smallest absolute Gasteiger partial charge is 0.224 e. The number of hydrogen-bond donors (Lipinski definition) is 1. The minimum atomic E-state index is 0.327. The average Bonchev–Trinajstić information content (AvgIpc) is 3.09. The Morgan fingerprint density at radius 2 is 1.91 bits per heavy atom. The molecule has 0 radical (unpaired) electrons. The first-order valence-corrected chi connectivity index (χ1v) is 7.98. The molecular weight excluding hydrogens is 276 g/mol. The van der Waals surface area contributed by atoms with E-state index < -0.39 is 0 Å². The standard InChI is InChI=1S/C16H20N6/c1-2-4-14(3-1)22-11-18-9-12-10-19-16(21-15(12)22)20-13-5-7-17-8-6-13/h5-8,11-12,14H,1-4,9-10H2,(H,17,19,20). The second-order valence-electron chi connectivity index (χ2n) is 6.02. The fourth-order valence-electron chi connectivity index (χ4n) is 3.34. The highest BCUT2D eigenvalue weighted by molar-refractivity contribution is 6.08. The largest absolute Gasteiger partial charge is 0.324 e. The molecule has 1 unspecified atom stereocenters. The maximum absolute atomic E-state index is 4.79.